The van der Waals surface area contributed by atoms with Gasteiger partial charge in [0, 0.05) is 31.7 Å². The smallest absolute Gasteiger partial charge is 0.224 e. The fourth-order valence-corrected chi connectivity index (χ4v) is 4.03. The van der Waals surface area contributed by atoms with Gasteiger partial charge in [0.15, 0.2) is 28.5 Å². The lowest BCUT2D eigenvalue weighted by molar-refractivity contribution is 0.252. The Morgan fingerprint density at radius 2 is 1.75 bits per heavy atom. The van der Waals surface area contributed by atoms with Crippen LogP contribution in [0.15, 0.2) is 24.4 Å². The van der Waals surface area contributed by atoms with Crippen LogP contribution in [0.4, 0.5) is 11.8 Å². The predicted octanol–water partition coefficient (Wildman–Crippen LogP) is 3.00. The number of aromatic nitrogens is 4. The van der Waals surface area contributed by atoms with Gasteiger partial charge in [0.05, 0.1) is 26.1 Å². The number of rotatable bonds is 8. The number of unbranched alkanes of at least 4 members (excludes halogenated alkanes) is 2. The molecule has 32 heavy (non-hydrogen) atoms. The lowest BCUT2D eigenvalue weighted by Crippen LogP contribution is -2.47. The van der Waals surface area contributed by atoms with E-state index in [1.54, 1.807) is 20.4 Å². The van der Waals surface area contributed by atoms with E-state index in [4.69, 9.17) is 20.2 Å². The molecule has 1 fully saturated rings. The summed E-state index contributed by atoms with van der Waals surface area (Å²) in [6.45, 7) is 7.13. The van der Waals surface area contributed by atoms with Crippen molar-refractivity contribution < 1.29 is 9.47 Å². The summed E-state index contributed by atoms with van der Waals surface area (Å²) in [4.78, 5) is 23.0. The van der Waals surface area contributed by atoms with Gasteiger partial charge in [0.25, 0.3) is 0 Å². The van der Waals surface area contributed by atoms with Crippen molar-refractivity contribution in [3.63, 3.8) is 0 Å². The molecule has 4 rings (SSSR count). The van der Waals surface area contributed by atoms with E-state index in [9.17, 15) is 0 Å². The second-order valence-electron chi connectivity index (χ2n) is 7.94. The van der Waals surface area contributed by atoms with Crippen molar-refractivity contribution in [1.29, 1.82) is 0 Å². The molecule has 9 nitrogen and oxygen atoms in total. The molecule has 0 bridgehead atoms. The van der Waals surface area contributed by atoms with Gasteiger partial charge >= 0.3 is 0 Å². The number of nitrogens with zero attached hydrogens (tertiary/aromatic N) is 6. The average Bonchev–Trinajstić information content (AvgIpc) is 2.83. The summed E-state index contributed by atoms with van der Waals surface area (Å²) in [5.41, 5.74) is 8.75. The highest BCUT2D eigenvalue weighted by atomic mass is 16.5. The Bertz CT molecular complexity index is 1070. The fraction of sp³-hybridized carbons (Fsp3) is 0.478. The van der Waals surface area contributed by atoms with Gasteiger partial charge in [0.1, 0.15) is 0 Å². The Labute approximate surface area is 188 Å². The molecule has 1 saturated heterocycles. The van der Waals surface area contributed by atoms with Crippen molar-refractivity contribution >= 4 is 22.9 Å². The maximum Gasteiger partial charge on any atom is 0.224 e. The molecule has 0 saturated carbocycles. The van der Waals surface area contributed by atoms with E-state index in [2.05, 4.69) is 31.7 Å². The lowest BCUT2D eigenvalue weighted by Gasteiger charge is -2.35. The molecule has 2 aromatic heterocycles. The van der Waals surface area contributed by atoms with E-state index in [-0.39, 0.29) is 5.95 Å². The number of nitrogens with two attached hydrogens (primary N) is 1. The minimum absolute atomic E-state index is 0.214. The normalized spacial score (nSPS) is 14.7. The van der Waals surface area contributed by atoms with E-state index in [1.807, 2.05) is 18.2 Å². The van der Waals surface area contributed by atoms with E-state index < -0.39 is 0 Å². The highest BCUT2D eigenvalue weighted by Crippen LogP contribution is 2.32. The zero-order valence-corrected chi connectivity index (χ0v) is 19.0. The minimum Gasteiger partial charge on any atom is -0.493 e. The number of anilines is 2. The molecule has 0 radical (unpaired) electrons. The van der Waals surface area contributed by atoms with Crippen LogP contribution in [0.25, 0.3) is 22.4 Å². The van der Waals surface area contributed by atoms with Crippen molar-refractivity contribution in [1.82, 2.24) is 24.8 Å². The Morgan fingerprint density at radius 1 is 0.969 bits per heavy atom. The third kappa shape index (κ3) is 4.67. The van der Waals surface area contributed by atoms with Gasteiger partial charge in [-0.1, -0.05) is 19.8 Å². The number of hydrogen-bond acceptors (Lipinski definition) is 9. The monoisotopic (exact) mass is 437 g/mol. The Hall–Kier alpha value is -3.20. The molecule has 1 aliphatic heterocycles. The molecular formula is C23H31N7O2. The van der Waals surface area contributed by atoms with Crippen LogP contribution in [0.1, 0.15) is 26.2 Å². The topological polar surface area (TPSA) is 103 Å². The summed E-state index contributed by atoms with van der Waals surface area (Å²) in [7, 11) is 3.23. The quantitative estimate of drug-likeness (QED) is 0.533. The molecule has 0 atom stereocenters. The van der Waals surface area contributed by atoms with Gasteiger partial charge in [-0.2, -0.15) is 9.97 Å². The molecule has 0 aliphatic carbocycles. The van der Waals surface area contributed by atoms with Crippen molar-refractivity contribution in [2.24, 2.45) is 0 Å². The maximum absolute atomic E-state index is 6.00. The van der Waals surface area contributed by atoms with E-state index in [0.717, 1.165) is 44.1 Å². The average molecular weight is 438 g/mol. The summed E-state index contributed by atoms with van der Waals surface area (Å²) < 4.78 is 10.8. The molecular weight excluding hydrogens is 406 g/mol. The van der Waals surface area contributed by atoms with Crippen molar-refractivity contribution in [3.05, 3.63) is 24.4 Å². The third-order valence-electron chi connectivity index (χ3n) is 5.83. The first-order valence-electron chi connectivity index (χ1n) is 11.1. The van der Waals surface area contributed by atoms with Gasteiger partial charge in [-0.3, -0.25) is 4.90 Å². The molecule has 1 aliphatic rings. The van der Waals surface area contributed by atoms with Crippen molar-refractivity contribution in [3.8, 4) is 22.8 Å². The first-order valence-corrected chi connectivity index (χ1v) is 11.1. The van der Waals surface area contributed by atoms with Crippen LogP contribution in [0, 0.1) is 0 Å². The number of benzene rings is 1. The number of hydrogen-bond donors (Lipinski definition) is 1. The van der Waals surface area contributed by atoms with Crippen LogP contribution in [0.2, 0.25) is 0 Å². The molecule has 3 heterocycles. The van der Waals surface area contributed by atoms with E-state index in [0.29, 0.717) is 28.4 Å². The van der Waals surface area contributed by atoms with Gasteiger partial charge in [-0.25, -0.2) is 9.97 Å². The van der Waals surface area contributed by atoms with Crippen molar-refractivity contribution in [2.45, 2.75) is 26.2 Å². The van der Waals surface area contributed by atoms with Gasteiger partial charge in [-0.15, -0.1) is 0 Å². The number of methoxy groups -OCH3 is 2. The van der Waals surface area contributed by atoms with Crippen LogP contribution >= 0.6 is 0 Å². The second kappa shape index (κ2) is 9.95. The summed E-state index contributed by atoms with van der Waals surface area (Å²) in [6, 6.07) is 5.68. The summed E-state index contributed by atoms with van der Waals surface area (Å²) in [6.07, 6.45) is 5.47. The van der Waals surface area contributed by atoms with Crippen LogP contribution in [0.3, 0.4) is 0 Å². The first-order chi connectivity index (χ1) is 15.6. The summed E-state index contributed by atoms with van der Waals surface area (Å²) in [5, 5.41) is 0. The molecule has 170 valence electrons. The highest BCUT2D eigenvalue weighted by Gasteiger charge is 2.22. The van der Waals surface area contributed by atoms with Gasteiger partial charge < -0.3 is 20.1 Å². The largest absolute Gasteiger partial charge is 0.493 e. The molecule has 0 spiro atoms. The fourth-order valence-electron chi connectivity index (χ4n) is 4.03. The van der Waals surface area contributed by atoms with Gasteiger partial charge in [0.2, 0.25) is 5.95 Å². The van der Waals surface area contributed by atoms with Crippen LogP contribution in [0.5, 0.6) is 11.5 Å². The Kier molecular flexibility index (Phi) is 6.84. The number of ether oxygens (including phenoxy) is 2. The predicted molar refractivity (Wildman–Crippen MR) is 126 cm³/mol. The molecule has 0 amide bonds. The molecule has 1 aromatic carbocycles. The van der Waals surface area contributed by atoms with Gasteiger partial charge in [-0.05, 0) is 31.2 Å². The highest BCUT2D eigenvalue weighted by molar-refractivity contribution is 5.86. The van der Waals surface area contributed by atoms with Crippen LogP contribution < -0.4 is 20.1 Å². The summed E-state index contributed by atoms with van der Waals surface area (Å²) >= 11 is 0. The Balaban J connectivity index is 1.63. The molecule has 2 N–H and O–H groups in total. The minimum atomic E-state index is 0.214. The number of piperazine rings is 1. The zero-order chi connectivity index (χ0) is 22.5. The Morgan fingerprint density at radius 3 is 2.47 bits per heavy atom. The standard InChI is InChI=1S/C23H31N7O2/c1-4-5-6-9-29-10-12-30(13-11-29)22-20-21(27-23(24)28-22)25-15-17(26-20)16-7-8-18(31-2)19(14-16)32-3/h7-8,14-15H,4-6,9-13H2,1-3H3,(H2,24,25,27,28). The SMILES string of the molecule is CCCCCN1CCN(c2nc(N)nc3ncc(-c4ccc(OC)c(OC)c4)nc23)CC1. The zero-order valence-electron chi connectivity index (χ0n) is 19.0. The molecule has 9 heteroatoms. The van der Waals surface area contributed by atoms with Crippen molar-refractivity contribution in [2.75, 3.05) is 57.6 Å². The summed E-state index contributed by atoms with van der Waals surface area (Å²) in [5.74, 6) is 2.26. The van der Waals surface area contributed by atoms with E-state index in [1.165, 1.54) is 19.3 Å². The maximum atomic E-state index is 6.00. The lowest BCUT2D eigenvalue weighted by atomic mass is 10.1. The number of fused-ring (bicyclic) bond motifs is 1. The van der Waals surface area contributed by atoms with Crippen LogP contribution in [-0.4, -0.2) is 71.8 Å². The first kappa shape index (κ1) is 22.0. The molecule has 0 unspecified atom stereocenters. The van der Waals surface area contributed by atoms with Crippen LogP contribution in [-0.2, 0) is 0 Å². The van der Waals surface area contributed by atoms with E-state index >= 15 is 0 Å². The second-order valence-corrected chi connectivity index (χ2v) is 7.94. The third-order valence-corrected chi connectivity index (χ3v) is 5.83. The molecule has 3 aromatic rings. The number of nitrogen functional groups attached to an aromatic ring is 1.